The van der Waals surface area contributed by atoms with E-state index in [0.717, 1.165) is 12.5 Å². The normalized spacial score (nSPS) is 20.6. The Morgan fingerprint density at radius 3 is 2.95 bits per heavy atom. The summed E-state index contributed by atoms with van der Waals surface area (Å²) in [5.41, 5.74) is 2.87. The monoisotopic (exact) mass is 399 g/mol. The van der Waals surface area contributed by atoms with Crippen LogP contribution in [0, 0.1) is 0 Å². The minimum Gasteiger partial charge on any atom is -0.300 e. The molecule has 1 fully saturated rings. The summed E-state index contributed by atoms with van der Waals surface area (Å²) in [6, 6.07) is 9.36. The Morgan fingerprint density at radius 1 is 1.40 bits per heavy atom. The quantitative estimate of drug-likeness (QED) is 0.606. The van der Waals surface area contributed by atoms with Crippen molar-refractivity contribution in [3.05, 3.63) is 44.9 Å². The lowest BCUT2D eigenvalue weighted by Crippen LogP contribution is -2.31. The molecule has 0 amide bonds. The molecule has 1 atom stereocenters. The third kappa shape index (κ3) is 4.71. The van der Waals surface area contributed by atoms with Crippen LogP contribution in [0.15, 0.2) is 39.3 Å². The summed E-state index contributed by atoms with van der Waals surface area (Å²) >= 11 is 7.08. The molecule has 0 bridgehead atoms. The van der Waals surface area contributed by atoms with Gasteiger partial charge in [-0.05, 0) is 62.2 Å². The second-order valence-corrected chi connectivity index (χ2v) is 6.98. The van der Waals surface area contributed by atoms with E-state index in [1.54, 1.807) is 0 Å². The summed E-state index contributed by atoms with van der Waals surface area (Å²) in [6.07, 6.45) is 6.37. The fourth-order valence-electron chi connectivity index (χ4n) is 2.93. The first-order chi connectivity index (χ1) is 9.70. The fourth-order valence-corrected chi connectivity index (χ4v) is 3.64. The van der Waals surface area contributed by atoms with E-state index in [9.17, 15) is 0 Å². The Bertz CT molecular complexity index is 456. The molecule has 1 nitrogen and oxygen atoms in total. The van der Waals surface area contributed by atoms with Gasteiger partial charge in [-0.1, -0.05) is 55.6 Å². The van der Waals surface area contributed by atoms with Gasteiger partial charge in [-0.25, -0.2) is 0 Å². The molecule has 0 saturated carbocycles. The van der Waals surface area contributed by atoms with E-state index in [0.29, 0.717) is 0 Å². The first-order valence-corrected chi connectivity index (χ1v) is 9.15. The highest BCUT2D eigenvalue weighted by atomic mass is 79.9. The molecule has 0 aliphatic carbocycles. The lowest BCUT2D eigenvalue weighted by Gasteiger charge is -2.24. The molecule has 0 aromatic heterocycles. The van der Waals surface area contributed by atoms with E-state index in [-0.39, 0.29) is 0 Å². The van der Waals surface area contributed by atoms with Crippen LogP contribution in [0.5, 0.6) is 0 Å². The number of allylic oxidation sites excluding steroid dienone is 1. The van der Waals surface area contributed by atoms with Gasteiger partial charge in [0.05, 0.1) is 0 Å². The number of hydrogen-bond acceptors (Lipinski definition) is 1. The minimum atomic E-state index is 0.778. The molecule has 0 unspecified atom stereocenters. The highest BCUT2D eigenvalue weighted by Gasteiger charge is 2.23. The molecule has 1 aromatic rings. The standard InChI is InChI=1S/C17H23Br2N/c1-14(13-18)8-9-16-6-4-11-20(16)12-10-15-5-2-3-7-17(15)19/h2-3,5,7,13,16H,4,6,8-12H2,1H3/b14-13+/t16-/m0/s1. The Labute approximate surface area is 139 Å². The van der Waals surface area contributed by atoms with Crippen LogP contribution in [-0.4, -0.2) is 24.0 Å². The van der Waals surface area contributed by atoms with Crippen molar-refractivity contribution in [2.24, 2.45) is 0 Å². The smallest absolute Gasteiger partial charge is 0.0207 e. The molecule has 3 heteroatoms. The predicted molar refractivity (Wildman–Crippen MR) is 94.4 cm³/mol. The second-order valence-electron chi connectivity index (χ2n) is 5.67. The average Bonchev–Trinajstić information content (AvgIpc) is 2.91. The van der Waals surface area contributed by atoms with Crippen LogP contribution in [0.3, 0.4) is 0 Å². The Morgan fingerprint density at radius 2 is 2.20 bits per heavy atom. The van der Waals surface area contributed by atoms with Crippen LogP contribution in [-0.2, 0) is 6.42 Å². The molecule has 0 spiro atoms. The number of hydrogen-bond donors (Lipinski definition) is 0. The molecule has 0 radical (unpaired) electrons. The zero-order chi connectivity index (χ0) is 14.4. The second kappa shape index (κ2) is 8.35. The van der Waals surface area contributed by atoms with E-state index in [1.165, 1.54) is 54.4 Å². The summed E-state index contributed by atoms with van der Waals surface area (Å²) in [6.45, 7) is 4.66. The van der Waals surface area contributed by atoms with Crippen molar-refractivity contribution in [3.63, 3.8) is 0 Å². The minimum absolute atomic E-state index is 0.778. The van der Waals surface area contributed by atoms with E-state index in [1.807, 2.05) is 0 Å². The van der Waals surface area contributed by atoms with Crippen molar-refractivity contribution in [3.8, 4) is 0 Å². The first kappa shape index (κ1) is 16.3. The fraction of sp³-hybridized carbons (Fsp3) is 0.529. The van der Waals surface area contributed by atoms with Gasteiger partial charge in [0.15, 0.2) is 0 Å². The first-order valence-electron chi connectivity index (χ1n) is 7.44. The maximum atomic E-state index is 3.65. The van der Waals surface area contributed by atoms with Gasteiger partial charge in [0.1, 0.15) is 0 Å². The summed E-state index contributed by atoms with van der Waals surface area (Å²) in [5, 5.41) is 0. The number of benzene rings is 1. The van der Waals surface area contributed by atoms with Gasteiger partial charge in [-0.15, -0.1) is 0 Å². The number of nitrogens with zero attached hydrogens (tertiary/aromatic N) is 1. The van der Waals surface area contributed by atoms with Crippen molar-refractivity contribution in [1.29, 1.82) is 0 Å². The zero-order valence-corrected chi connectivity index (χ0v) is 15.3. The van der Waals surface area contributed by atoms with Crippen molar-refractivity contribution in [2.45, 2.75) is 45.1 Å². The summed E-state index contributed by atoms with van der Waals surface area (Å²) in [7, 11) is 0. The van der Waals surface area contributed by atoms with Crippen LogP contribution in [0.4, 0.5) is 0 Å². The molecule has 2 rings (SSSR count). The lowest BCUT2D eigenvalue weighted by molar-refractivity contribution is 0.246. The molecule has 20 heavy (non-hydrogen) atoms. The van der Waals surface area contributed by atoms with Gasteiger partial charge in [0.25, 0.3) is 0 Å². The van der Waals surface area contributed by atoms with Gasteiger partial charge >= 0.3 is 0 Å². The predicted octanol–water partition coefficient (Wildman–Crippen LogP) is 5.53. The van der Waals surface area contributed by atoms with Gasteiger partial charge in [-0.2, -0.15) is 0 Å². The largest absolute Gasteiger partial charge is 0.300 e. The highest BCUT2D eigenvalue weighted by Crippen LogP contribution is 2.24. The molecule has 1 saturated heterocycles. The van der Waals surface area contributed by atoms with Gasteiger partial charge in [-0.3, -0.25) is 0 Å². The topological polar surface area (TPSA) is 3.24 Å². The maximum absolute atomic E-state index is 3.65. The average molecular weight is 401 g/mol. The van der Waals surface area contributed by atoms with E-state index >= 15 is 0 Å². The highest BCUT2D eigenvalue weighted by molar-refractivity contribution is 9.11. The lowest BCUT2D eigenvalue weighted by atomic mass is 10.0. The Balaban J connectivity index is 1.84. The molecular formula is C17H23Br2N. The van der Waals surface area contributed by atoms with Crippen molar-refractivity contribution in [2.75, 3.05) is 13.1 Å². The van der Waals surface area contributed by atoms with Crippen molar-refractivity contribution < 1.29 is 0 Å². The van der Waals surface area contributed by atoms with Gasteiger partial charge < -0.3 is 4.90 Å². The summed E-state index contributed by atoms with van der Waals surface area (Å²) in [4.78, 5) is 4.74. The van der Waals surface area contributed by atoms with Crippen LogP contribution in [0.2, 0.25) is 0 Å². The SMILES string of the molecule is C/C(=C\Br)CC[C@@H]1CCCN1CCc1ccccc1Br. The molecule has 110 valence electrons. The van der Waals surface area contributed by atoms with Gasteiger partial charge in [0, 0.05) is 17.1 Å². The van der Waals surface area contributed by atoms with Crippen LogP contribution in [0.1, 0.15) is 38.2 Å². The Hall–Kier alpha value is -0.120. The summed E-state index contributed by atoms with van der Waals surface area (Å²) < 4.78 is 1.24. The zero-order valence-electron chi connectivity index (χ0n) is 12.1. The van der Waals surface area contributed by atoms with Crippen molar-refractivity contribution >= 4 is 31.9 Å². The summed E-state index contributed by atoms with van der Waals surface area (Å²) in [5.74, 6) is 0. The Kier molecular flexibility index (Phi) is 6.79. The number of rotatable bonds is 6. The number of likely N-dealkylation sites (tertiary alicyclic amines) is 1. The van der Waals surface area contributed by atoms with Crippen LogP contribution >= 0.6 is 31.9 Å². The van der Waals surface area contributed by atoms with E-state index in [2.05, 4.69) is 72.9 Å². The van der Waals surface area contributed by atoms with E-state index < -0.39 is 0 Å². The molecule has 0 N–H and O–H groups in total. The van der Waals surface area contributed by atoms with Crippen LogP contribution < -0.4 is 0 Å². The third-order valence-corrected chi connectivity index (χ3v) is 5.74. The molecule has 1 aliphatic heterocycles. The maximum Gasteiger partial charge on any atom is 0.0207 e. The van der Waals surface area contributed by atoms with Gasteiger partial charge in [0.2, 0.25) is 0 Å². The van der Waals surface area contributed by atoms with Crippen LogP contribution in [0.25, 0.3) is 0 Å². The van der Waals surface area contributed by atoms with Crippen molar-refractivity contribution in [1.82, 2.24) is 4.90 Å². The third-order valence-electron chi connectivity index (χ3n) is 4.18. The molecular weight excluding hydrogens is 378 g/mol. The van der Waals surface area contributed by atoms with E-state index in [4.69, 9.17) is 0 Å². The molecule has 1 aromatic carbocycles. The number of halogens is 2. The molecule has 1 heterocycles. The molecule has 1 aliphatic rings.